The maximum atomic E-state index is 12.4. The van der Waals surface area contributed by atoms with Gasteiger partial charge in [0.05, 0.1) is 16.8 Å². The van der Waals surface area contributed by atoms with Crippen molar-refractivity contribution in [2.45, 2.75) is 33.2 Å². The number of hydrogen-bond donors (Lipinski definition) is 0. The second-order valence-electron chi connectivity index (χ2n) is 4.90. The number of sulfone groups is 1. The van der Waals surface area contributed by atoms with Gasteiger partial charge in [-0.05, 0) is 25.3 Å². The molecule has 3 fully saturated rings. The number of pyridine rings is 1. The van der Waals surface area contributed by atoms with Crippen LogP contribution in [0.1, 0.15) is 19.3 Å². The van der Waals surface area contributed by atoms with Crippen LogP contribution >= 0.6 is 15.9 Å². The molecule has 4 rings (SSSR count). The lowest BCUT2D eigenvalue weighted by molar-refractivity contribution is 0.0934. The van der Waals surface area contributed by atoms with Crippen molar-refractivity contribution in [1.29, 1.82) is 0 Å². The second kappa shape index (κ2) is 3.23. The molecular formula is C11H12BrNO3S. The van der Waals surface area contributed by atoms with E-state index in [1.54, 1.807) is 12.1 Å². The van der Waals surface area contributed by atoms with Crippen LogP contribution in [0.3, 0.4) is 0 Å². The number of halogens is 1. The van der Waals surface area contributed by atoms with Crippen LogP contribution in [0.4, 0.5) is 0 Å². The maximum absolute atomic E-state index is 12.4. The van der Waals surface area contributed by atoms with Gasteiger partial charge in [-0.15, -0.1) is 0 Å². The molecule has 0 N–H and O–H groups in total. The van der Waals surface area contributed by atoms with E-state index >= 15 is 0 Å². The van der Waals surface area contributed by atoms with Gasteiger partial charge in [0.25, 0.3) is 0 Å². The van der Waals surface area contributed by atoms with Gasteiger partial charge in [-0.1, -0.05) is 15.9 Å². The number of ether oxygens (including phenoxy) is 1. The van der Waals surface area contributed by atoms with Gasteiger partial charge in [0.2, 0.25) is 5.88 Å². The molecule has 1 aromatic heterocycles. The minimum Gasteiger partial charge on any atom is -0.481 e. The highest BCUT2D eigenvalue weighted by Gasteiger charge is 2.73. The summed E-state index contributed by atoms with van der Waals surface area (Å²) in [7, 11) is -1.74. The fourth-order valence-corrected chi connectivity index (χ4v) is 7.26. The Kier molecular flexibility index (Phi) is 2.18. The van der Waals surface area contributed by atoms with Gasteiger partial charge in [-0.2, -0.15) is 0 Å². The molecule has 0 radical (unpaired) electrons. The lowest BCUT2D eigenvalue weighted by Gasteiger charge is -2.66. The molecule has 0 spiro atoms. The average molecular weight is 318 g/mol. The average Bonchev–Trinajstić information content (AvgIpc) is 2.23. The van der Waals surface area contributed by atoms with Crippen molar-refractivity contribution in [3.63, 3.8) is 0 Å². The van der Waals surface area contributed by atoms with Crippen LogP contribution in [0.2, 0.25) is 0 Å². The molecule has 0 amide bonds. The SMILES string of the molecule is COc1ccc(S(=O)(=O)C23CC(Br)(C2)C3)cn1. The van der Waals surface area contributed by atoms with Crippen LogP contribution in [-0.4, -0.2) is 29.6 Å². The summed E-state index contributed by atoms with van der Waals surface area (Å²) in [5.74, 6) is 0.429. The molecule has 0 atom stereocenters. The zero-order valence-corrected chi connectivity index (χ0v) is 11.7. The number of nitrogens with zero attached hydrogens (tertiary/aromatic N) is 1. The lowest BCUT2D eigenvalue weighted by Crippen LogP contribution is -2.72. The van der Waals surface area contributed by atoms with E-state index in [0.717, 1.165) is 0 Å². The van der Waals surface area contributed by atoms with Crippen LogP contribution in [0.15, 0.2) is 23.2 Å². The van der Waals surface area contributed by atoms with Crippen LogP contribution in [-0.2, 0) is 9.84 Å². The summed E-state index contributed by atoms with van der Waals surface area (Å²) in [6.45, 7) is 0. The highest BCUT2D eigenvalue weighted by molar-refractivity contribution is 9.10. The summed E-state index contributed by atoms with van der Waals surface area (Å²) in [6.07, 6.45) is 3.53. The van der Waals surface area contributed by atoms with Gasteiger partial charge in [0.1, 0.15) is 0 Å². The molecule has 3 aliphatic rings. The molecule has 3 saturated carbocycles. The van der Waals surface area contributed by atoms with E-state index in [9.17, 15) is 8.42 Å². The number of rotatable bonds is 3. The third-order valence-electron chi connectivity index (χ3n) is 3.72. The molecule has 3 aliphatic carbocycles. The van der Waals surface area contributed by atoms with E-state index in [2.05, 4.69) is 20.9 Å². The molecule has 1 heterocycles. The van der Waals surface area contributed by atoms with E-state index < -0.39 is 14.6 Å². The first-order valence-electron chi connectivity index (χ1n) is 5.35. The van der Waals surface area contributed by atoms with Crippen LogP contribution < -0.4 is 4.74 Å². The lowest BCUT2D eigenvalue weighted by atomic mass is 9.55. The Morgan fingerprint density at radius 1 is 1.35 bits per heavy atom. The van der Waals surface area contributed by atoms with Crippen LogP contribution in [0, 0.1) is 0 Å². The summed E-state index contributed by atoms with van der Waals surface area (Å²) in [4.78, 5) is 4.26. The first-order chi connectivity index (χ1) is 7.91. The summed E-state index contributed by atoms with van der Waals surface area (Å²) >= 11 is 3.55. The molecule has 0 aromatic carbocycles. The Hall–Kier alpha value is -0.620. The summed E-state index contributed by atoms with van der Waals surface area (Å²) < 4.78 is 29.3. The van der Waals surface area contributed by atoms with Crippen LogP contribution in [0.25, 0.3) is 0 Å². The summed E-state index contributed by atoms with van der Waals surface area (Å²) in [5, 5.41) is 0. The van der Waals surface area contributed by atoms with E-state index in [-0.39, 0.29) is 4.32 Å². The molecule has 0 aliphatic heterocycles. The molecule has 92 valence electrons. The predicted octanol–water partition coefficient (Wildman–Crippen LogP) is 1.93. The smallest absolute Gasteiger partial charge is 0.212 e. The largest absolute Gasteiger partial charge is 0.481 e. The van der Waals surface area contributed by atoms with Gasteiger partial charge in [0.15, 0.2) is 9.84 Å². The molecule has 4 nitrogen and oxygen atoms in total. The highest BCUT2D eigenvalue weighted by atomic mass is 79.9. The first-order valence-corrected chi connectivity index (χ1v) is 7.62. The first kappa shape index (κ1) is 11.5. The van der Waals surface area contributed by atoms with Crippen molar-refractivity contribution in [2.24, 2.45) is 0 Å². The van der Waals surface area contributed by atoms with Crippen molar-refractivity contribution in [2.75, 3.05) is 7.11 Å². The van der Waals surface area contributed by atoms with Gasteiger partial charge >= 0.3 is 0 Å². The van der Waals surface area contributed by atoms with Crippen molar-refractivity contribution in [3.8, 4) is 5.88 Å². The normalized spacial score (nSPS) is 34.7. The van der Waals surface area contributed by atoms with E-state index in [1.807, 2.05) is 0 Å². The van der Waals surface area contributed by atoms with Crippen molar-refractivity contribution in [1.82, 2.24) is 4.98 Å². The van der Waals surface area contributed by atoms with Crippen molar-refractivity contribution in [3.05, 3.63) is 18.3 Å². The van der Waals surface area contributed by atoms with Gasteiger partial charge in [-0.25, -0.2) is 13.4 Å². The molecule has 17 heavy (non-hydrogen) atoms. The Balaban J connectivity index is 1.93. The molecule has 0 saturated heterocycles. The predicted molar refractivity (Wildman–Crippen MR) is 66.2 cm³/mol. The number of hydrogen-bond acceptors (Lipinski definition) is 4. The minimum atomic E-state index is -3.25. The maximum Gasteiger partial charge on any atom is 0.212 e. The number of aromatic nitrogens is 1. The summed E-state index contributed by atoms with van der Waals surface area (Å²) in [5.41, 5.74) is 0. The molecule has 0 unspecified atom stereocenters. The topological polar surface area (TPSA) is 56.3 Å². The zero-order chi connectivity index (χ0) is 12.3. The quantitative estimate of drug-likeness (QED) is 0.799. The monoisotopic (exact) mass is 317 g/mol. The van der Waals surface area contributed by atoms with Crippen molar-refractivity contribution < 1.29 is 13.2 Å². The van der Waals surface area contributed by atoms with Crippen LogP contribution in [0.5, 0.6) is 5.88 Å². The molecular weight excluding hydrogens is 306 g/mol. The Bertz CT molecular complexity index is 547. The highest BCUT2D eigenvalue weighted by Crippen LogP contribution is 2.70. The molecule has 1 aromatic rings. The van der Waals surface area contributed by atoms with Gasteiger partial charge in [0, 0.05) is 16.6 Å². The summed E-state index contributed by atoms with van der Waals surface area (Å²) in [6, 6.07) is 3.16. The van der Waals surface area contributed by atoms with E-state index in [4.69, 9.17) is 4.74 Å². The minimum absolute atomic E-state index is 0.0972. The fraction of sp³-hybridized carbons (Fsp3) is 0.545. The molecule has 6 heteroatoms. The third kappa shape index (κ3) is 1.40. The van der Waals surface area contributed by atoms with Crippen molar-refractivity contribution >= 4 is 25.8 Å². The van der Waals surface area contributed by atoms with E-state index in [0.29, 0.717) is 30.0 Å². The second-order valence-corrected chi connectivity index (χ2v) is 8.93. The Morgan fingerprint density at radius 2 is 2.00 bits per heavy atom. The number of alkyl halides is 1. The fourth-order valence-electron chi connectivity index (χ4n) is 2.76. The third-order valence-corrected chi connectivity index (χ3v) is 6.99. The molecule has 2 bridgehead atoms. The van der Waals surface area contributed by atoms with E-state index in [1.165, 1.54) is 13.3 Å². The Morgan fingerprint density at radius 3 is 2.41 bits per heavy atom. The van der Waals surface area contributed by atoms with Gasteiger partial charge < -0.3 is 4.74 Å². The Labute approximate surface area is 108 Å². The van der Waals surface area contributed by atoms with Gasteiger partial charge in [-0.3, -0.25) is 0 Å². The standard InChI is InChI=1S/C11H12BrNO3S/c1-16-9-3-2-8(4-13-9)17(14,15)11-5-10(12,6-11)7-11/h2-4H,5-7H2,1H3. The number of methoxy groups -OCH3 is 1. The zero-order valence-electron chi connectivity index (χ0n) is 9.31.